The maximum absolute atomic E-state index is 11.2. The van der Waals surface area contributed by atoms with Crippen LogP contribution in [0.3, 0.4) is 0 Å². The summed E-state index contributed by atoms with van der Waals surface area (Å²) in [5, 5.41) is 9.03. The Morgan fingerprint density at radius 2 is 2.08 bits per heavy atom. The van der Waals surface area contributed by atoms with Crippen LogP contribution in [0.4, 0.5) is 0 Å². The molecule has 0 aromatic rings. The van der Waals surface area contributed by atoms with Crippen LogP contribution in [0.2, 0.25) is 0 Å². The van der Waals surface area contributed by atoms with Crippen LogP contribution in [0.25, 0.3) is 0 Å². The van der Waals surface area contributed by atoms with Gasteiger partial charge in [0.15, 0.2) is 0 Å². The van der Waals surface area contributed by atoms with E-state index in [1.54, 1.807) is 33.8 Å². The van der Waals surface area contributed by atoms with E-state index in [2.05, 4.69) is 0 Å². The SMILES string of the molecule is CC=C(C)C(=O)OC(C)CC(C)O. The molecule has 0 saturated heterocycles. The van der Waals surface area contributed by atoms with Gasteiger partial charge in [0.2, 0.25) is 0 Å². The van der Waals surface area contributed by atoms with E-state index in [4.69, 9.17) is 9.84 Å². The first kappa shape index (κ1) is 12.2. The Kier molecular flexibility index (Phi) is 5.39. The predicted octanol–water partition coefficient (Wildman–Crippen LogP) is 1.66. The number of esters is 1. The van der Waals surface area contributed by atoms with Crippen molar-refractivity contribution in [1.82, 2.24) is 0 Å². The first-order chi connectivity index (χ1) is 5.97. The normalized spacial score (nSPS) is 16.5. The molecule has 2 unspecified atom stereocenters. The van der Waals surface area contributed by atoms with Crippen LogP contribution in [0.1, 0.15) is 34.1 Å². The maximum Gasteiger partial charge on any atom is 0.333 e. The molecule has 0 radical (unpaired) electrons. The summed E-state index contributed by atoms with van der Waals surface area (Å²) in [5.74, 6) is -0.310. The number of hydrogen-bond acceptors (Lipinski definition) is 3. The molecule has 0 bridgehead atoms. The Hall–Kier alpha value is -0.830. The minimum Gasteiger partial charge on any atom is -0.459 e. The van der Waals surface area contributed by atoms with E-state index < -0.39 is 6.10 Å². The molecular formula is C10H18O3. The molecule has 0 fully saturated rings. The standard InChI is InChI=1S/C10H18O3/c1-5-7(2)10(12)13-9(4)6-8(3)11/h5,8-9,11H,6H2,1-4H3. The van der Waals surface area contributed by atoms with E-state index in [0.717, 1.165) is 0 Å². The predicted molar refractivity (Wildman–Crippen MR) is 51.3 cm³/mol. The molecule has 1 N–H and O–H groups in total. The van der Waals surface area contributed by atoms with Crippen molar-refractivity contribution in [2.45, 2.75) is 46.3 Å². The molecule has 0 amide bonds. The van der Waals surface area contributed by atoms with Gasteiger partial charge in [-0.2, -0.15) is 0 Å². The number of carbonyl (C=O) groups excluding carboxylic acids is 1. The summed E-state index contributed by atoms with van der Waals surface area (Å²) in [6.07, 6.45) is 1.51. The minimum atomic E-state index is -0.436. The fraction of sp³-hybridized carbons (Fsp3) is 0.700. The number of hydrogen-bond donors (Lipinski definition) is 1. The van der Waals surface area contributed by atoms with Gasteiger partial charge >= 0.3 is 5.97 Å². The summed E-state index contributed by atoms with van der Waals surface area (Å²) in [6.45, 7) is 6.94. The smallest absolute Gasteiger partial charge is 0.333 e. The van der Waals surface area contributed by atoms with E-state index in [0.29, 0.717) is 12.0 Å². The summed E-state index contributed by atoms with van der Waals surface area (Å²) in [6, 6.07) is 0. The number of aliphatic hydroxyl groups excluding tert-OH is 1. The molecule has 0 aliphatic heterocycles. The van der Waals surface area contributed by atoms with Gasteiger partial charge in [0.25, 0.3) is 0 Å². The molecule has 0 aromatic carbocycles. The van der Waals surface area contributed by atoms with Crippen molar-refractivity contribution in [1.29, 1.82) is 0 Å². The first-order valence-corrected chi connectivity index (χ1v) is 4.49. The van der Waals surface area contributed by atoms with Gasteiger partial charge in [-0.15, -0.1) is 0 Å². The molecule has 0 aliphatic carbocycles. The lowest BCUT2D eigenvalue weighted by molar-refractivity contribution is -0.144. The maximum atomic E-state index is 11.2. The van der Waals surface area contributed by atoms with Crippen LogP contribution in [0.15, 0.2) is 11.6 Å². The van der Waals surface area contributed by atoms with Crippen LogP contribution in [0, 0.1) is 0 Å². The summed E-state index contributed by atoms with van der Waals surface area (Å²) in [5.41, 5.74) is 0.595. The zero-order chi connectivity index (χ0) is 10.4. The highest BCUT2D eigenvalue weighted by atomic mass is 16.5. The first-order valence-electron chi connectivity index (χ1n) is 4.49. The highest BCUT2D eigenvalue weighted by Crippen LogP contribution is 2.05. The number of rotatable bonds is 4. The van der Waals surface area contributed by atoms with Crippen molar-refractivity contribution in [2.24, 2.45) is 0 Å². The highest BCUT2D eigenvalue weighted by Gasteiger charge is 2.12. The van der Waals surface area contributed by atoms with Gasteiger partial charge < -0.3 is 9.84 Å². The van der Waals surface area contributed by atoms with Gasteiger partial charge in [0, 0.05) is 12.0 Å². The second-order valence-electron chi connectivity index (χ2n) is 3.27. The minimum absolute atomic E-state index is 0.234. The second-order valence-corrected chi connectivity index (χ2v) is 3.27. The van der Waals surface area contributed by atoms with Crippen LogP contribution in [0.5, 0.6) is 0 Å². The monoisotopic (exact) mass is 186 g/mol. The topological polar surface area (TPSA) is 46.5 Å². The fourth-order valence-electron chi connectivity index (χ4n) is 0.922. The van der Waals surface area contributed by atoms with Crippen molar-refractivity contribution < 1.29 is 14.6 Å². The zero-order valence-corrected chi connectivity index (χ0v) is 8.70. The Morgan fingerprint density at radius 3 is 2.46 bits per heavy atom. The average molecular weight is 186 g/mol. The van der Waals surface area contributed by atoms with Crippen molar-refractivity contribution in [2.75, 3.05) is 0 Å². The molecule has 0 saturated carbocycles. The van der Waals surface area contributed by atoms with Crippen LogP contribution < -0.4 is 0 Å². The number of allylic oxidation sites excluding steroid dienone is 1. The Balaban J connectivity index is 3.92. The summed E-state index contributed by atoms with van der Waals surface area (Å²) >= 11 is 0. The molecule has 76 valence electrons. The molecule has 3 heteroatoms. The summed E-state index contributed by atoms with van der Waals surface area (Å²) < 4.78 is 5.05. The van der Waals surface area contributed by atoms with E-state index >= 15 is 0 Å². The van der Waals surface area contributed by atoms with Crippen molar-refractivity contribution in [3.8, 4) is 0 Å². The lowest BCUT2D eigenvalue weighted by Crippen LogP contribution is -2.19. The summed E-state index contributed by atoms with van der Waals surface area (Å²) in [4.78, 5) is 11.2. The quantitative estimate of drug-likeness (QED) is 0.536. The van der Waals surface area contributed by atoms with E-state index in [1.165, 1.54) is 0 Å². The van der Waals surface area contributed by atoms with Crippen molar-refractivity contribution in [3.63, 3.8) is 0 Å². The molecule has 3 nitrogen and oxygen atoms in total. The molecular weight excluding hydrogens is 168 g/mol. The number of aliphatic hydroxyl groups is 1. The van der Waals surface area contributed by atoms with Gasteiger partial charge in [-0.05, 0) is 27.7 Å². The van der Waals surface area contributed by atoms with Crippen molar-refractivity contribution >= 4 is 5.97 Å². The third-order valence-electron chi connectivity index (χ3n) is 1.74. The number of ether oxygens (including phenoxy) is 1. The van der Waals surface area contributed by atoms with Gasteiger partial charge in [-0.1, -0.05) is 6.08 Å². The number of carbonyl (C=O) groups is 1. The molecule has 0 spiro atoms. The van der Waals surface area contributed by atoms with E-state index in [9.17, 15) is 4.79 Å². The van der Waals surface area contributed by atoms with Gasteiger partial charge in [0.1, 0.15) is 6.10 Å². The Labute approximate surface area is 79.4 Å². The second kappa shape index (κ2) is 5.75. The molecule has 2 atom stereocenters. The molecule has 0 aliphatic rings. The fourth-order valence-corrected chi connectivity index (χ4v) is 0.922. The molecule has 0 aromatic heterocycles. The van der Waals surface area contributed by atoms with E-state index in [1.807, 2.05) is 0 Å². The highest BCUT2D eigenvalue weighted by molar-refractivity contribution is 5.87. The Morgan fingerprint density at radius 1 is 1.54 bits per heavy atom. The molecule has 13 heavy (non-hydrogen) atoms. The lowest BCUT2D eigenvalue weighted by atomic mass is 10.2. The van der Waals surface area contributed by atoms with Crippen LogP contribution in [-0.4, -0.2) is 23.3 Å². The zero-order valence-electron chi connectivity index (χ0n) is 8.70. The summed E-state index contributed by atoms with van der Waals surface area (Å²) in [7, 11) is 0. The third-order valence-corrected chi connectivity index (χ3v) is 1.74. The van der Waals surface area contributed by atoms with E-state index in [-0.39, 0.29) is 12.1 Å². The van der Waals surface area contributed by atoms with Gasteiger partial charge in [-0.3, -0.25) is 0 Å². The molecule has 0 heterocycles. The average Bonchev–Trinajstić information content (AvgIpc) is 2.01. The van der Waals surface area contributed by atoms with Gasteiger partial charge in [-0.25, -0.2) is 4.79 Å². The molecule has 0 rings (SSSR count). The largest absolute Gasteiger partial charge is 0.459 e. The van der Waals surface area contributed by atoms with Crippen LogP contribution in [-0.2, 0) is 9.53 Å². The Bertz CT molecular complexity index is 194. The van der Waals surface area contributed by atoms with Crippen LogP contribution >= 0.6 is 0 Å². The van der Waals surface area contributed by atoms with Gasteiger partial charge in [0.05, 0.1) is 6.10 Å². The lowest BCUT2D eigenvalue weighted by Gasteiger charge is -2.14. The van der Waals surface area contributed by atoms with Crippen molar-refractivity contribution in [3.05, 3.63) is 11.6 Å². The third kappa shape index (κ3) is 5.42.